The summed E-state index contributed by atoms with van der Waals surface area (Å²) in [4.78, 5) is 11.6. The highest BCUT2D eigenvalue weighted by molar-refractivity contribution is 7.89. The third-order valence-corrected chi connectivity index (χ3v) is 5.83. The van der Waals surface area contributed by atoms with Gasteiger partial charge < -0.3 is 5.32 Å². The number of hydrazine groups is 1. The van der Waals surface area contributed by atoms with E-state index in [9.17, 15) is 8.42 Å². The molecule has 0 saturated carbocycles. The Morgan fingerprint density at radius 2 is 1.40 bits per heavy atom. The Morgan fingerprint density at radius 3 is 2.03 bits per heavy atom. The van der Waals surface area contributed by atoms with Crippen LogP contribution in [-0.4, -0.2) is 18.4 Å². The molecular formula is C21H18ClN5O2S. The first-order valence-corrected chi connectivity index (χ1v) is 10.9. The number of rotatable bonds is 6. The van der Waals surface area contributed by atoms with Crippen molar-refractivity contribution in [2.75, 3.05) is 10.7 Å². The maximum absolute atomic E-state index is 12.6. The van der Waals surface area contributed by atoms with E-state index in [-0.39, 0.29) is 10.7 Å². The second-order valence-electron chi connectivity index (χ2n) is 6.58. The Kier molecular flexibility index (Phi) is 5.54. The second kappa shape index (κ2) is 8.27. The van der Waals surface area contributed by atoms with Gasteiger partial charge in [0.2, 0.25) is 0 Å². The molecule has 0 fully saturated rings. The van der Waals surface area contributed by atoms with Crippen molar-refractivity contribution in [3.63, 3.8) is 0 Å². The van der Waals surface area contributed by atoms with E-state index in [1.807, 2.05) is 25.1 Å². The molecule has 7 nitrogen and oxygen atoms in total. The van der Waals surface area contributed by atoms with Crippen LogP contribution in [0.4, 0.5) is 17.3 Å². The molecule has 9 heteroatoms. The molecule has 0 amide bonds. The molecule has 4 rings (SSSR count). The maximum Gasteiger partial charge on any atom is 0.257 e. The van der Waals surface area contributed by atoms with Crippen molar-refractivity contribution in [2.24, 2.45) is 0 Å². The van der Waals surface area contributed by atoms with Crippen LogP contribution in [0.5, 0.6) is 0 Å². The zero-order valence-electron chi connectivity index (χ0n) is 15.9. The van der Waals surface area contributed by atoms with Crippen LogP contribution in [0.3, 0.4) is 0 Å². The number of sulfonamides is 1. The van der Waals surface area contributed by atoms with E-state index >= 15 is 0 Å². The van der Waals surface area contributed by atoms with Crippen LogP contribution in [0.15, 0.2) is 77.7 Å². The first-order valence-electron chi connectivity index (χ1n) is 9.05. The predicted octanol–water partition coefficient (Wildman–Crippen LogP) is 4.64. The van der Waals surface area contributed by atoms with E-state index in [2.05, 4.69) is 25.5 Å². The molecule has 0 spiro atoms. The van der Waals surface area contributed by atoms with Crippen molar-refractivity contribution in [3.8, 4) is 0 Å². The molecule has 0 aliphatic rings. The minimum atomic E-state index is -3.80. The minimum Gasteiger partial charge on any atom is -0.337 e. The standard InChI is InChI=1S/C21H18ClN5O2S/c1-14-6-12-17(13-7-14)30(28,29)27-26-21-20(23-16-10-8-15(22)9-11-16)24-18-4-2-3-5-19(18)25-21/h2-13,27H,1H3,(H,23,24)(H,25,26). The van der Waals surface area contributed by atoms with Gasteiger partial charge in [-0.05, 0) is 55.5 Å². The predicted molar refractivity (Wildman–Crippen MR) is 119 cm³/mol. The Morgan fingerprint density at radius 1 is 0.800 bits per heavy atom. The van der Waals surface area contributed by atoms with Gasteiger partial charge in [0.1, 0.15) is 0 Å². The van der Waals surface area contributed by atoms with Gasteiger partial charge in [-0.25, -0.2) is 18.4 Å². The summed E-state index contributed by atoms with van der Waals surface area (Å²) < 4.78 is 25.3. The van der Waals surface area contributed by atoms with Gasteiger partial charge in [-0.2, -0.15) is 0 Å². The molecule has 3 aromatic carbocycles. The first-order chi connectivity index (χ1) is 14.4. The molecule has 3 N–H and O–H groups in total. The highest BCUT2D eigenvalue weighted by atomic mass is 35.5. The molecular weight excluding hydrogens is 422 g/mol. The van der Waals surface area contributed by atoms with Crippen molar-refractivity contribution in [2.45, 2.75) is 11.8 Å². The average molecular weight is 440 g/mol. The van der Waals surface area contributed by atoms with Crippen LogP contribution in [0.25, 0.3) is 11.0 Å². The number of hydrogen-bond acceptors (Lipinski definition) is 6. The average Bonchev–Trinajstić information content (AvgIpc) is 2.74. The topological polar surface area (TPSA) is 96.0 Å². The Bertz CT molecular complexity index is 1290. The number of aromatic nitrogens is 2. The summed E-state index contributed by atoms with van der Waals surface area (Å²) in [6.07, 6.45) is 0. The molecule has 0 unspecified atom stereocenters. The molecule has 4 aromatic rings. The fraction of sp³-hybridized carbons (Fsp3) is 0.0476. The van der Waals surface area contributed by atoms with Crippen molar-refractivity contribution >= 4 is 50.0 Å². The van der Waals surface area contributed by atoms with Gasteiger partial charge in [0.05, 0.1) is 15.9 Å². The van der Waals surface area contributed by atoms with Crippen LogP contribution < -0.4 is 15.6 Å². The number of fused-ring (bicyclic) bond motifs is 1. The fourth-order valence-electron chi connectivity index (χ4n) is 2.74. The van der Waals surface area contributed by atoms with Gasteiger partial charge in [0, 0.05) is 10.7 Å². The van der Waals surface area contributed by atoms with E-state index < -0.39 is 10.0 Å². The van der Waals surface area contributed by atoms with Crippen LogP contribution in [0.2, 0.25) is 5.02 Å². The van der Waals surface area contributed by atoms with Gasteiger partial charge in [0.15, 0.2) is 11.6 Å². The van der Waals surface area contributed by atoms with Crippen molar-refractivity contribution in [3.05, 3.63) is 83.4 Å². The summed E-state index contributed by atoms with van der Waals surface area (Å²) in [5.41, 5.74) is 5.68. The van der Waals surface area contributed by atoms with Gasteiger partial charge in [-0.15, -0.1) is 4.83 Å². The molecule has 0 aliphatic carbocycles. The lowest BCUT2D eigenvalue weighted by molar-refractivity contribution is 0.587. The third kappa shape index (κ3) is 4.51. The molecule has 0 saturated heterocycles. The summed E-state index contributed by atoms with van der Waals surface area (Å²) in [7, 11) is -3.80. The van der Waals surface area contributed by atoms with Gasteiger partial charge in [0.25, 0.3) is 10.0 Å². The number of nitrogens with zero attached hydrogens (tertiary/aromatic N) is 2. The van der Waals surface area contributed by atoms with E-state index in [1.165, 1.54) is 12.1 Å². The van der Waals surface area contributed by atoms with Crippen LogP contribution in [0, 0.1) is 6.92 Å². The maximum atomic E-state index is 12.6. The highest BCUT2D eigenvalue weighted by Crippen LogP contribution is 2.25. The minimum absolute atomic E-state index is 0.140. The van der Waals surface area contributed by atoms with Crippen molar-refractivity contribution < 1.29 is 8.42 Å². The van der Waals surface area contributed by atoms with E-state index in [0.29, 0.717) is 21.9 Å². The Balaban J connectivity index is 1.66. The van der Waals surface area contributed by atoms with Gasteiger partial charge in [-0.1, -0.05) is 41.4 Å². The summed E-state index contributed by atoms with van der Waals surface area (Å²) in [6.45, 7) is 1.89. The van der Waals surface area contributed by atoms with Crippen molar-refractivity contribution in [1.82, 2.24) is 14.8 Å². The molecule has 0 radical (unpaired) electrons. The smallest absolute Gasteiger partial charge is 0.257 e. The number of halogens is 1. The largest absolute Gasteiger partial charge is 0.337 e. The molecule has 1 heterocycles. The monoisotopic (exact) mass is 439 g/mol. The summed E-state index contributed by atoms with van der Waals surface area (Å²) in [6, 6.07) is 20.9. The number of anilines is 3. The lowest BCUT2D eigenvalue weighted by Crippen LogP contribution is -2.30. The molecule has 152 valence electrons. The molecule has 1 aromatic heterocycles. The lowest BCUT2D eigenvalue weighted by Gasteiger charge is -2.14. The number of aryl methyl sites for hydroxylation is 1. The van der Waals surface area contributed by atoms with E-state index in [4.69, 9.17) is 11.6 Å². The fourth-order valence-corrected chi connectivity index (χ4v) is 3.71. The highest BCUT2D eigenvalue weighted by Gasteiger charge is 2.16. The SMILES string of the molecule is Cc1ccc(S(=O)(=O)NNc2nc3ccccc3nc2Nc2ccc(Cl)cc2)cc1. The number of hydrogen-bond donors (Lipinski definition) is 3. The Labute approximate surface area is 179 Å². The molecule has 30 heavy (non-hydrogen) atoms. The summed E-state index contributed by atoms with van der Waals surface area (Å²) >= 11 is 5.95. The van der Waals surface area contributed by atoms with E-state index in [1.54, 1.807) is 42.5 Å². The molecule has 0 atom stereocenters. The van der Waals surface area contributed by atoms with E-state index in [0.717, 1.165) is 11.3 Å². The summed E-state index contributed by atoms with van der Waals surface area (Å²) in [5.74, 6) is 0.599. The second-order valence-corrected chi connectivity index (χ2v) is 8.70. The van der Waals surface area contributed by atoms with Crippen molar-refractivity contribution in [1.29, 1.82) is 0 Å². The van der Waals surface area contributed by atoms with Gasteiger partial charge >= 0.3 is 0 Å². The molecule has 0 aliphatic heterocycles. The summed E-state index contributed by atoms with van der Waals surface area (Å²) in [5, 5.41) is 3.75. The zero-order valence-corrected chi connectivity index (χ0v) is 17.5. The number of para-hydroxylation sites is 2. The quantitative estimate of drug-likeness (QED) is 0.379. The third-order valence-electron chi connectivity index (χ3n) is 4.31. The Hall–Kier alpha value is -3.20. The first kappa shape index (κ1) is 20.1. The zero-order chi connectivity index (χ0) is 21.1. The lowest BCUT2D eigenvalue weighted by atomic mass is 10.2. The van der Waals surface area contributed by atoms with Crippen LogP contribution >= 0.6 is 11.6 Å². The number of nitrogens with one attached hydrogen (secondary N) is 3. The normalized spacial score (nSPS) is 11.4. The van der Waals surface area contributed by atoms with Gasteiger partial charge in [-0.3, -0.25) is 5.43 Å². The number of benzene rings is 3. The van der Waals surface area contributed by atoms with Crippen LogP contribution in [0.1, 0.15) is 5.56 Å². The molecule has 0 bridgehead atoms. The van der Waals surface area contributed by atoms with Crippen LogP contribution in [-0.2, 0) is 10.0 Å².